The van der Waals surface area contributed by atoms with Crippen molar-refractivity contribution in [2.24, 2.45) is 5.73 Å². The van der Waals surface area contributed by atoms with Gasteiger partial charge in [0.15, 0.2) is 0 Å². The molecule has 1 atom stereocenters. The molecule has 0 amide bonds. The number of aryl methyl sites for hydroxylation is 1. The first-order valence-electron chi connectivity index (χ1n) is 6.28. The van der Waals surface area contributed by atoms with E-state index in [0.29, 0.717) is 12.4 Å². The largest absolute Gasteiger partial charge is 0.487 e. The first-order valence-corrected chi connectivity index (χ1v) is 6.28. The van der Waals surface area contributed by atoms with Crippen molar-refractivity contribution in [1.29, 1.82) is 0 Å². The predicted octanol–water partition coefficient (Wildman–Crippen LogP) is 2.64. The molecule has 0 bridgehead atoms. The van der Waals surface area contributed by atoms with Crippen LogP contribution in [0.25, 0.3) is 0 Å². The molecule has 4 nitrogen and oxygen atoms in total. The highest BCUT2D eigenvalue weighted by Gasteiger charge is 2.10. The molecule has 0 aliphatic carbocycles. The van der Waals surface area contributed by atoms with Gasteiger partial charge in [-0.05, 0) is 19.9 Å². The van der Waals surface area contributed by atoms with Crippen molar-refractivity contribution in [2.75, 3.05) is 0 Å². The van der Waals surface area contributed by atoms with Gasteiger partial charge in [0.05, 0.1) is 18.2 Å². The van der Waals surface area contributed by atoms with Gasteiger partial charge < -0.3 is 15.0 Å². The third-order valence-corrected chi connectivity index (χ3v) is 2.98. The third kappa shape index (κ3) is 3.12. The highest BCUT2D eigenvalue weighted by atomic mass is 19.1. The van der Waals surface area contributed by atoms with E-state index < -0.39 is 0 Å². The molecule has 1 aromatic carbocycles. The van der Waals surface area contributed by atoms with E-state index in [-0.39, 0.29) is 11.9 Å². The fourth-order valence-corrected chi connectivity index (χ4v) is 1.91. The Morgan fingerprint density at radius 2 is 2.26 bits per heavy atom. The van der Waals surface area contributed by atoms with Gasteiger partial charge in [0.2, 0.25) is 0 Å². The molecule has 0 saturated carbocycles. The van der Waals surface area contributed by atoms with Crippen LogP contribution in [0.1, 0.15) is 31.1 Å². The van der Waals surface area contributed by atoms with Crippen LogP contribution in [0.15, 0.2) is 30.7 Å². The third-order valence-electron chi connectivity index (χ3n) is 2.98. The highest BCUT2D eigenvalue weighted by molar-refractivity contribution is 5.36. The Labute approximate surface area is 112 Å². The molecule has 2 rings (SSSR count). The van der Waals surface area contributed by atoms with Gasteiger partial charge in [0.1, 0.15) is 18.2 Å². The molecule has 19 heavy (non-hydrogen) atoms. The number of aromatic nitrogens is 2. The smallest absolute Gasteiger partial charge is 0.130 e. The number of halogens is 1. The quantitative estimate of drug-likeness (QED) is 0.902. The minimum Gasteiger partial charge on any atom is -0.487 e. The van der Waals surface area contributed by atoms with Crippen molar-refractivity contribution in [3.05, 3.63) is 47.8 Å². The lowest BCUT2D eigenvalue weighted by Crippen LogP contribution is -2.09. The average molecular weight is 263 g/mol. The number of hydrogen-bond donors (Lipinski definition) is 1. The number of benzene rings is 1. The summed E-state index contributed by atoms with van der Waals surface area (Å²) in [5.74, 6) is 0.155. The first kappa shape index (κ1) is 13.5. The van der Waals surface area contributed by atoms with E-state index >= 15 is 0 Å². The molecular formula is C14H18FN3O. The molecule has 0 aliphatic heterocycles. The van der Waals surface area contributed by atoms with Crippen molar-refractivity contribution in [3.63, 3.8) is 0 Å². The molecule has 2 N–H and O–H groups in total. The molecule has 0 fully saturated rings. The number of hydrogen-bond acceptors (Lipinski definition) is 3. The van der Waals surface area contributed by atoms with E-state index in [4.69, 9.17) is 10.5 Å². The average Bonchev–Trinajstić information content (AvgIpc) is 2.83. The molecule has 2 aromatic rings. The van der Waals surface area contributed by atoms with Crippen LogP contribution in [0.5, 0.6) is 5.75 Å². The van der Waals surface area contributed by atoms with Gasteiger partial charge in [-0.2, -0.15) is 0 Å². The van der Waals surface area contributed by atoms with E-state index in [1.807, 2.05) is 18.4 Å². The molecule has 5 heteroatoms. The minimum atomic E-state index is -0.330. The van der Waals surface area contributed by atoms with Crippen LogP contribution in [0, 0.1) is 5.82 Å². The van der Waals surface area contributed by atoms with Crippen LogP contribution < -0.4 is 10.5 Å². The summed E-state index contributed by atoms with van der Waals surface area (Å²) in [6.07, 6.45) is 3.49. The maximum absolute atomic E-state index is 13.3. The Morgan fingerprint density at radius 3 is 2.95 bits per heavy atom. The molecule has 1 aromatic heterocycles. The molecule has 0 unspecified atom stereocenters. The highest BCUT2D eigenvalue weighted by Crippen LogP contribution is 2.25. The maximum atomic E-state index is 13.3. The monoisotopic (exact) mass is 263 g/mol. The number of nitrogens with zero attached hydrogens (tertiary/aromatic N) is 2. The van der Waals surface area contributed by atoms with Crippen LogP contribution in [0.2, 0.25) is 0 Å². The van der Waals surface area contributed by atoms with E-state index in [0.717, 1.165) is 17.8 Å². The summed E-state index contributed by atoms with van der Waals surface area (Å²) in [5.41, 5.74) is 7.59. The zero-order valence-corrected chi connectivity index (χ0v) is 11.1. The fourth-order valence-electron chi connectivity index (χ4n) is 1.91. The molecule has 0 spiro atoms. The second kappa shape index (κ2) is 5.84. The molecule has 0 saturated heterocycles. The van der Waals surface area contributed by atoms with Gasteiger partial charge >= 0.3 is 0 Å². The van der Waals surface area contributed by atoms with E-state index in [1.165, 1.54) is 12.1 Å². The second-order valence-electron chi connectivity index (χ2n) is 4.43. The van der Waals surface area contributed by atoms with Crippen LogP contribution >= 0.6 is 0 Å². The van der Waals surface area contributed by atoms with E-state index in [1.54, 1.807) is 18.6 Å². The number of imidazole rings is 1. The summed E-state index contributed by atoms with van der Waals surface area (Å²) in [5, 5.41) is 0. The van der Waals surface area contributed by atoms with Crippen molar-refractivity contribution in [3.8, 4) is 5.75 Å². The molecule has 1 heterocycles. The van der Waals surface area contributed by atoms with E-state index in [9.17, 15) is 4.39 Å². The summed E-state index contributed by atoms with van der Waals surface area (Å²) in [6.45, 7) is 5.04. The summed E-state index contributed by atoms with van der Waals surface area (Å²) < 4.78 is 20.9. The number of ether oxygens (including phenoxy) is 1. The SMILES string of the molecule is CCn1cncc1COc1cc(F)ccc1[C@H](C)N. The fraction of sp³-hybridized carbons (Fsp3) is 0.357. The maximum Gasteiger partial charge on any atom is 0.130 e. The van der Waals surface area contributed by atoms with Gasteiger partial charge in [0, 0.05) is 24.2 Å². The molecular weight excluding hydrogens is 245 g/mol. The molecule has 0 aliphatic rings. The lowest BCUT2D eigenvalue weighted by atomic mass is 10.1. The molecule has 0 radical (unpaired) electrons. The van der Waals surface area contributed by atoms with Crippen LogP contribution in [-0.2, 0) is 13.2 Å². The van der Waals surface area contributed by atoms with Crippen molar-refractivity contribution in [2.45, 2.75) is 33.0 Å². The Hall–Kier alpha value is -1.88. The molecule has 102 valence electrons. The van der Waals surface area contributed by atoms with E-state index in [2.05, 4.69) is 4.98 Å². The Kier molecular flexibility index (Phi) is 4.16. The first-order chi connectivity index (χ1) is 9.11. The zero-order chi connectivity index (χ0) is 13.8. The lowest BCUT2D eigenvalue weighted by molar-refractivity contribution is 0.289. The van der Waals surface area contributed by atoms with Crippen LogP contribution in [0.3, 0.4) is 0 Å². The van der Waals surface area contributed by atoms with Gasteiger partial charge in [-0.1, -0.05) is 6.07 Å². The summed E-state index contributed by atoms with van der Waals surface area (Å²) >= 11 is 0. The topological polar surface area (TPSA) is 53.1 Å². The Bertz CT molecular complexity index is 551. The second-order valence-corrected chi connectivity index (χ2v) is 4.43. The van der Waals surface area contributed by atoms with Gasteiger partial charge in [0.25, 0.3) is 0 Å². The van der Waals surface area contributed by atoms with Gasteiger partial charge in [-0.3, -0.25) is 0 Å². The zero-order valence-electron chi connectivity index (χ0n) is 11.1. The summed E-state index contributed by atoms with van der Waals surface area (Å²) in [4.78, 5) is 4.06. The summed E-state index contributed by atoms with van der Waals surface area (Å²) in [6, 6.07) is 4.21. The Balaban J connectivity index is 2.17. The van der Waals surface area contributed by atoms with Crippen LogP contribution in [-0.4, -0.2) is 9.55 Å². The van der Waals surface area contributed by atoms with Crippen molar-refractivity contribution in [1.82, 2.24) is 9.55 Å². The predicted molar refractivity (Wildman–Crippen MR) is 71.2 cm³/mol. The van der Waals surface area contributed by atoms with Crippen molar-refractivity contribution >= 4 is 0 Å². The Morgan fingerprint density at radius 1 is 1.47 bits per heavy atom. The minimum absolute atomic E-state index is 0.202. The number of nitrogens with two attached hydrogens (primary N) is 1. The summed E-state index contributed by atoms with van der Waals surface area (Å²) in [7, 11) is 0. The van der Waals surface area contributed by atoms with Gasteiger partial charge in [-0.15, -0.1) is 0 Å². The van der Waals surface area contributed by atoms with Crippen molar-refractivity contribution < 1.29 is 9.13 Å². The normalized spacial score (nSPS) is 12.4. The van der Waals surface area contributed by atoms with Gasteiger partial charge in [-0.25, -0.2) is 9.37 Å². The standard InChI is InChI=1S/C14H18FN3O/c1-3-18-9-17-7-12(18)8-19-14-6-11(15)4-5-13(14)10(2)16/h4-7,9-10H,3,8,16H2,1-2H3/t10-/m0/s1. The number of rotatable bonds is 5. The van der Waals surface area contributed by atoms with Crippen LogP contribution in [0.4, 0.5) is 4.39 Å². The lowest BCUT2D eigenvalue weighted by Gasteiger charge is -2.14.